The van der Waals surface area contributed by atoms with E-state index in [0.717, 1.165) is 38.5 Å². The minimum absolute atomic E-state index is 0.198. The number of ether oxygens (including phenoxy) is 1. The van der Waals surface area contributed by atoms with Crippen molar-refractivity contribution in [3.05, 3.63) is 23.8 Å². The number of nitrogens with zero attached hydrogens (tertiary/aromatic N) is 1. The molecule has 1 aromatic rings. The quantitative estimate of drug-likeness (QED) is 0.863. The van der Waals surface area contributed by atoms with E-state index in [-0.39, 0.29) is 6.10 Å². The Morgan fingerprint density at radius 1 is 1.30 bits per heavy atom. The Bertz CT molecular complexity index is 412. The number of anilines is 1. The third-order valence-corrected chi connectivity index (χ3v) is 3.45. The Morgan fingerprint density at radius 3 is 2.90 bits per heavy atom. The highest BCUT2D eigenvalue weighted by Crippen LogP contribution is 2.31. The molecule has 0 atom stereocenters. The largest absolute Gasteiger partial charge is 0.489 e. The van der Waals surface area contributed by atoms with E-state index >= 15 is 0 Å². The highest BCUT2D eigenvalue weighted by atomic mass is 16.5. The van der Waals surface area contributed by atoms with Crippen molar-refractivity contribution < 1.29 is 4.74 Å². The lowest BCUT2D eigenvalue weighted by Crippen LogP contribution is -2.28. The molecular formula is C16H27N3O. The molecule has 1 heterocycles. The van der Waals surface area contributed by atoms with Crippen LogP contribution in [0.2, 0.25) is 0 Å². The van der Waals surface area contributed by atoms with Gasteiger partial charge in [0, 0.05) is 26.2 Å². The Labute approximate surface area is 122 Å². The van der Waals surface area contributed by atoms with Gasteiger partial charge in [-0.05, 0) is 51.6 Å². The summed E-state index contributed by atoms with van der Waals surface area (Å²) in [5.74, 6) is 1.01. The minimum atomic E-state index is 0.198. The summed E-state index contributed by atoms with van der Waals surface area (Å²) in [5.41, 5.74) is 2.49. The fourth-order valence-electron chi connectivity index (χ4n) is 2.57. The molecular weight excluding hydrogens is 250 g/mol. The molecule has 2 rings (SSSR count). The van der Waals surface area contributed by atoms with Crippen molar-refractivity contribution in [1.29, 1.82) is 0 Å². The van der Waals surface area contributed by atoms with Gasteiger partial charge in [-0.1, -0.05) is 6.07 Å². The maximum atomic E-state index is 6.04. The monoisotopic (exact) mass is 277 g/mol. The van der Waals surface area contributed by atoms with Crippen molar-refractivity contribution >= 4 is 5.69 Å². The number of benzene rings is 1. The zero-order chi connectivity index (χ0) is 14.4. The van der Waals surface area contributed by atoms with E-state index in [4.69, 9.17) is 4.74 Å². The van der Waals surface area contributed by atoms with Gasteiger partial charge in [0.2, 0.25) is 0 Å². The molecule has 1 fully saturated rings. The van der Waals surface area contributed by atoms with E-state index in [9.17, 15) is 0 Å². The molecule has 0 unspecified atom stereocenters. The van der Waals surface area contributed by atoms with Gasteiger partial charge in [-0.15, -0.1) is 0 Å². The molecule has 0 spiro atoms. The van der Waals surface area contributed by atoms with Crippen molar-refractivity contribution in [3.8, 4) is 5.75 Å². The van der Waals surface area contributed by atoms with Crippen LogP contribution in [-0.2, 0) is 6.54 Å². The second-order valence-electron chi connectivity index (χ2n) is 5.59. The van der Waals surface area contributed by atoms with Crippen LogP contribution in [0.4, 0.5) is 5.69 Å². The fraction of sp³-hybridized carbons (Fsp3) is 0.625. The van der Waals surface area contributed by atoms with Crippen molar-refractivity contribution in [2.24, 2.45) is 0 Å². The SMILES string of the molecule is CNCc1ccc(N2CCCNCC2)c(OC(C)C)c1. The van der Waals surface area contributed by atoms with Crippen LogP contribution in [0.5, 0.6) is 5.75 Å². The molecule has 0 radical (unpaired) electrons. The minimum Gasteiger partial charge on any atom is -0.489 e. The molecule has 0 aromatic heterocycles. The average molecular weight is 277 g/mol. The van der Waals surface area contributed by atoms with Crippen LogP contribution in [0.25, 0.3) is 0 Å². The average Bonchev–Trinajstić information content (AvgIpc) is 2.67. The maximum absolute atomic E-state index is 6.04. The summed E-state index contributed by atoms with van der Waals surface area (Å²) < 4.78 is 6.04. The first-order chi connectivity index (χ1) is 9.70. The lowest BCUT2D eigenvalue weighted by molar-refractivity contribution is 0.242. The lowest BCUT2D eigenvalue weighted by atomic mass is 10.1. The van der Waals surface area contributed by atoms with Gasteiger partial charge in [-0.2, -0.15) is 0 Å². The normalized spacial score (nSPS) is 16.3. The summed E-state index contributed by atoms with van der Waals surface area (Å²) in [5, 5.41) is 6.64. The molecule has 20 heavy (non-hydrogen) atoms. The van der Waals surface area contributed by atoms with Crippen LogP contribution in [0, 0.1) is 0 Å². The van der Waals surface area contributed by atoms with Gasteiger partial charge in [0.25, 0.3) is 0 Å². The molecule has 4 heteroatoms. The van der Waals surface area contributed by atoms with Crippen LogP contribution in [0.1, 0.15) is 25.8 Å². The van der Waals surface area contributed by atoms with Gasteiger partial charge in [0.1, 0.15) is 5.75 Å². The Kier molecular flexibility index (Phi) is 5.68. The molecule has 0 aliphatic carbocycles. The first kappa shape index (κ1) is 15.1. The van der Waals surface area contributed by atoms with Crippen molar-refractivity contribution in [1.82, 2.24) is 10.6 Å². The van der Waals surface area contributed by atoms with Crippen molar-refractivity contribution in [3.63, 3.8) is 0 Å². The second-order valence-corrected chi connectivity index (χ2v) is 5.59. The van der Waals surface area contributed by atoms with E-state index in [2.05, 4.69) is 47.6 Å². The van der Waals surface area contributed by atoms with E-state index in [1.54, 1.807) is 0 Å². The van der Waals surface area contributed by atoms with Crippen molar-refractivity contribution in [2.75, 3.05) is 38.1 Å². The number of nitrogens with one attached hydrogen (secondary N) is 2. The zero-order valence-electron chi connectivity index (χ0n) is 12.9. The first-order valence-electron chi connectivity index (χ1n) is 7.60. The summed E-state index contributed by atoms with van der Waals surface area (Å²) in [4.78, 5) is 2.43. The Balaban J connectivity index is 2.24. The smallest absolute Gasteiger partial charge is 0.143 e. The number of hydrogen-bond donors (Lipinski definition) is 2. The molecule has 2 N–H and O–H groups in total. The van der Waals surface area contributed by atoms with Crippen LogP contribution in [0.3, 0.4) is 0 Å². The highest BCUT2D eigenvalue weighted by molar-refractivity contribution is 5.60. The van der Waals surface area contributed by atoms with Gasteiger partial charge in [-0.25, -0.2) is 0 Å². The predicted molar refractivity (Wildman–Crippen MR) is 84.7 cm³/mol. The summed E-state index contributed by atoms with van der Waals surface area (Å²) in [7, 11) is 1.97. The van der Waals surface area contributed by atoms with Gasteiger partial charge >= 0.3 is 0 Å². The third kappa shape index (κ3) is 4.12. The molecule has 0 bridgehead atoms. The fourth-order valence-corrected chi connectivity index (χ4v) is 2.57. The molecule has 1 aliphatic heterocycles. The maximum Gasteiger partial charge on any atom is 0.143 e. The predicted octanol–water partition coefficient (Wildman–Crippen LogP) is 1.99. The highest BCUT2D eigenvalue weighted by Gasteiger charge is 2.15. The summed E-state index contributed by atoms with van der Waals surface area (Å²) in [6.07, 6.45) is 1.38. The Morgan fingerprint density at radius 2 is 2.15 bits per heavy atom. The summed E-state index contributed by atoms with van der Waals surface area (Å²) in [6.45, 7) is 9.31. The van der Waals surface area contributed by atoms with Crippen LogP contribution in [-0.4, -0.2) is 39.3 Å². The van der Waals surface area contributed by atoms with E-state index < -0.39 is 0 Å². The standard InChI is InChI=1S/C16H27N3O/c1-13(2)20-16-11-14(12-17-3)5-6-15(16)19-9-4-7-18-8-10-19/h5-6,11,13,17-18H,4,7-10,12H2,1-3H3. The van der Waals surface area contributed by atoms with Gasteiger partial charge in [-0.3, -0.25) is 0 Å². The summed E-state index contributed by atoms with van der Waals surface area (Å²) in [6, 6.07) is 6.57. The molecule has 0 saturated carbocycles. The molecule has 112 valence electrons. The van der Waals surface area contributed by atoms with E-state index in [1.165, 1.54) is 17.7 Å². The molecule has 0 amide bonds. The van der Waals surface area contributed by atoms with Crippen LogP contribution < -0.4 is 20.3 Å². The van der Waals surface area contributed by atoms with Gasteiger partial charge in [0.15, 0.2) is 0 Å². The number of rotatable bonds is 5. The van der Waals surface area contributed by atoms with E-state index in [1.807, 2.05) is 7.05 Å². The molecule has 1 aliphatic rings. The first-order valence-corrected chi connectivity index (χ1v) is 7.60. The third-order valence-electron chi connectivity index (χ3n) is 3.45. The number of hydrogen-bond acceptors (Lipinski definition) is 4. The molecule has 1 saturated heterocycles. The molecule has 4 nitrogen and oxygen atoms in total. The Hall–Kier alpha value is -1.26. The zero-order valence-corrected chi connectivity index (χ0v) is 12.9. The second kappa shape index (κ2) is 7.50. The van der Waals surface area contributed by atoms with E-state index in [0.29, 0.717) is 0 Å². The topological polar surface area (TPSA) is 36.5 Å². The van der Waals surface area contributed by atoms with Gasteiger partial charge in [0.05, 0.1) is 11.8 Å². The molecule has 1 aromatic carbocycles. The lowest BCUT2D eigenvalue weighted by Gasteiger charge is -2.26. The van der Waals surface area contributed by atoms with Crippen molar-refractivity contribution in [2.45, 2.75) is 32.9 Å². The van der Waals surface area contributed by atoms with Crippen LogP contribution in [0.15, 0.2) is 18.2 Å². The van der Waals surface area contributed by atoms with Crippen LogP contribution >= 0.6 is 0 Å². The summed E-state index contributed by atoms with van der Waals surface area (Å²) >= 11 is 0. The van der Waals surface area contributed by atoms with Gasteiger partial charge < -0.3 is 20.3 Å².